The minimum Gasteiger partial charge on any atom is -0.490 e. The number of guanidine groups is 1. The van der Waals surface area contributed by atoms with Crippen LogP contribution in [-0.4, -0.2) is 38.2 Å². The summed E-state index contributed by atoms with van der Waals surface area (Å²) in [6.45, 7) is 5.83. The molecule has 2 aromatic rings. The van der Waals surface area contributed by atoms with Crippen LogP contribution < -0.4 is 20.3 Å². The van der Waals surface area contributed by atoms with Gasteiger partial charge in [0.05, 0.1) is 19.2 Å². The molecule has 1 unspecified atom stereocenters. The van der Waals surface area contributed by atoms with Crippen LogP contribution in [0.4, 0.5) is 10.2 Å². The number of pyridine rings is 1. The van der Waals surface area contributed by atoms with E-state index in [4.69, 9.17) is 9.73 Å². The van der Waals surface area contributed by atoms with Crippen molar-refractivity contribution in [1.29, 1.82) is 0 Å². The predicted octanol–water partition coefficient (Wildman–Crippen LogP) is 3.89. The van der Waals surface area contributed by atoms with E-state index in [2.05, 4.69) is 15.6 Å². The van der Waals surface area contributed by atoms with Gasteiger partial charge in [0, 0.05) is 32.4 Å². The van der Waals surface area contributed by atoms with Gasteiger partial charge in [0.1, 0.15) is 5.82 Å². The zero-order chi connectivity index (χ0) is 21.5. The number of benzene rings is 1. The van der Waals surface area contributed by atoms with Crippen molar-refractivity contribution < 1.29 is 9.13 Å². The molecule has 6 nitrogen and oxygen atoms in total. The molecule has 0 amide bonds. The van der Waals surface area contributed by atoms with Crippen LogP contribution in [0.1, 0.15) is 43.9 Å². The summed E-state index contributed by atoms with van der Waals surface area (Å²) in [6, 6.07) is 8.98. The molecule has 3 rings (SSSR count). The Balaban J connectivity index is 1.66. The molecule has 0 spiro atoms. The van der Waals surface area contributed by atoms with E-state index < -0.39 is 0 Å². The van der Waals surface area contributed by atoms with E-state index in [1.165, 1.54) is 18.9 Å². The molecule has 1 saturated carbocycles. The number of anilines is 1. The Kier molecular flexibility index (Phi) is 7.49. The minimum absolute atomic E-state index is 0.114. The average Bonchev–Trinajstić information content (AvgIpc) is 3.56. The second kappa shape index (κ2) is 10.3. The molecular formula is C23H32FN5O. The Morgan fingerprint density at radius 3 is 2.80 bits per heavy atom. The van der Waals surface area contributed by atoms with Gasteiger partial charge < -0.3 is 20.3 Å². The third-order valence-electron chi connectivity index (χ3n) is 5.02. The summed E-state index contributed by atoms with van der Waals surface area (Å²) in [5, 5.41) is 6.61. The van der Waals surface area contributed by atoms with Crippen molar-refractivity contribution in [2.75, 3.05) is 32.1 Å². The van der Waals surface area contributed by atoms with Gasteiger partial charge >= 0.3 is 0 Å². The maximum Gasteiger partial charge on any atom is 0.192 e. The van der Waals surface area contributed by atoms with Crippen molar-refractivity contribution in [3.63, 3.8) is 0 Å². The van der Waals surface area contributed by atoms with E-state index in [0.717, 1.165) is 23.5 Å². The molecule has 0 bridgehead atoms. The van der Waals surface area contributed by atoms with E-state index >= 15 is 0 Å². The van der Waals surface area contributed by atoms with Crippen molar-refractivity contribution in [3.8, 4) is 5.75 Å². The number of ether oxygens (including phenoxy) is 1. The molecule has 1 aromatic carbocycles. The molecule has 162 valence electrons. The van der Waals surface area contributed by atoms with Crippen LogP contribution in [-0.2, 0) is 6.54 Å². The number of nitrogens with one attached hydrogen (secondary N) is 2. The summed E-state index contributed by atoms with van der Waals surface area (Å²) >= 11 is 0. The first-order chi connectivity index (χ1) is 14.5. The number of halogens is 1. The molecule has 0 saturated heterocycles. The topological polar surface area (TPSA) is 61.8 Å². The summed E-state index contributed by atoms with van der Waals surface area (Å²) in [7, 11) is 3.93. The predicted molar refractivity (Wildman–Crippen MR) is 120 cm³/mol. The van der Waals surface area contributed by atoms with Gasteiger partial charge in [0.15, 0.2) is 17.5 Å². The molecule has 2 N–H and O–H groups in total. The van der Waals surface area contributed by atoms with Crippen molar-refractivity contribution in [1.82, 2.24) is 15.6 Å². The summed E-state index contributed by atoms with van der Waals surface area (Å²) in [6.07, 6.45) is 4.14. The highest BCUT2D eigenvalue weighted by atomic mass is 19.1. The highest BCUT2D eigenvalue weighted by molar-refractivity contribution is 5.80. The fourth-order valence-electron chi connectivity index (χ4n) is 3.12. The third-order valence-corrected chi connectivity index (χ3v) is 5.02. The molecule has 0 radical (unpaired) electrons. The van der Waals surface area contributed by atoms with Gasteiger partial charge in [0.2, 0.25) is 0 Å². The molecule has 7 heteroatoms. The Hall–Kier alpha value is -2.83. The van der Waals surface area contributed by atoms with Crippen LogP contribution >= 0.6 is 0 Å². The zero-order valence-electron chi connectivity index (χ0n) is 18.3. The normalized spacial score (nSPS) is 14.9. The number of hydrogen-bond donors (Lipinski definition) is 2. The molecule has 1 aliphatic rings. The molecule has 1 aromatic heterocycles. The molecule has 0 aliphatic heterocycles. The van der Waals surface area contributed by atoms with Crippen LogP contribution in [0.25, 0.3) is 0 Å². The largest absolute Gasteiger partial charge is 0.490 e. The van der Waals surface area contributed by atoms with E-state index in [1.807, 2.05) is 51.0 Å². The standard InChI is InChI=1S/C23H32FN5O/c1-5-25-23(27-14-19-7-6-12-26-22(19)29(3)4)28-16(2)18-10-11-21(20(24)13-18)30-15-17-8-9-17/h6-7,10-13,16-17H,5,8-9,14-15H2,1-4H3,(H2,25,27,28). The Labute approximate surface area is 178 Å². The number of nitrogens with zero attached hydrogens (tertiary/aromatic N) is 3. The number of hydrogen-bond acceptors (Lipinski definition) is 4. The number of aromatic nitrogens is 1. The lowest BCUT2D eigenvalue weighted by molar-refractivity contribution is 0.285. The third kappa shape index (κ3) is 6.08. The molecule has 1 atom stereocenters. The van der Waals surface area contributed by atoms with Crippen molar-refractivity contribution in [2.24, 2.45) is 10.9 Å². The summed E-state index contributed by atoms with van der Waals surface area (Å²) in [5.41, 5.74) is 1.88. The van der Waals surface area contributed by atoms with E-state index in [0.29, 0.717) is 30.8 Å². The average molecular weight is 414 g/mol. The van der Waals surface area contributed by atoms with Crippen molar-refractivity contribution >= 4 is 11.8 Å². The van der Waals surface area contributed by atoms with Gasteiger partial charge in [-0.05, 0) is 56.4 Å². The lowest BCUT2D eigenvalue weighted by Crippen LogP contribution is -2.38. The fraction of sp³-hybridized carbons (Fsp3) is 0.478. The van der Waals surface area contributed by atoms with Crippen molar-refractivity contribution in [2.45, 2.75) is 39.3 Å². The lowest BCUT2D eigenvalue weighted by Gasteiger charge is -2.19. The maximum absolute atomic E-state index is 14.4. The molecule has 1 aliphatic carbocycles. The second-order valence-electron chi connectivity index (χ2n) is 7.89. The van der Waals surface area contributed by atoms with Crippen LogP contribution in [0.5, 0.6) is 5.75 Å². The second-order valence-corrected chi connectivity index (χ2v) is 7.89. The summed E-state index contributed by atoms with van der Waals surface area (Å²) in [5.74, 6) is 2.17. The summed E-state index contributed by atoms with van der Waals surface area (Å²) in [4.78, 5) is 11.1. The minimum atomic E-state index is -0.324. The highest BCUT2D eigenvalue weighted by Gasteiger charge is 2.22. The van der Waals surface area contributed by atoms with Gasteiger partial charge in [0.25, 0.3) is 0 Å². The Morgan fingerprint density at radius 1 is 1.33 bits per heavy atom. The zero-order valence-corrected chi connectivity index (χ0v) is 18.3. The van der Waals surface area contributed by atoms with Crippen LogP contribution in [0.3, 0.4) is 0 Å². The number of rotatable bonds is 9. The Morgan fingerprint density at radius 2 is 2.13 bits per heavy atom. The molecule has 30 heavy (non-hydrogen) atoms. The van der Waals surface area contributed by atoms with Gasteiger partial charge in [-0.1, -0.05) is 12.1 Å². The molecule has 1 heterocycles. The lowest BCUT2D eigenvalue weighted by atomic mass is 10.1. The van der Waals surface area contributed by atoms with Crippen molar-refractivity contribution in [3.05, 3.63) is 53.5 Å². The van der Waals surface area contributed by atoms with Gasteiger partial charge in [-0.2, -0.15) is 0 Å². The van der Waals surface area contributed by atoms with E-state index in [9.17, 15) is 4.39 Å². The number of aliphatic imine (C=N–C) groups is 1. The van der Waals surface area contributed by atoms with E-state index in [-0.39, 0.29) is 11.9 Å². The fourth-order valence-corrected chi connectivity index (χ4v) is 3.12. The van der Waals surface area contributed by atoms with Gasteiger partial charge in [-0.15, -0.1) is 0 Å². The van der Waals surface area contributed by atoms with Crippen LogP contribution in [0.2, 0.25) is 0 Å². The molecular weight excluding hydrogens is 381 g/mol. The molecule has 1 fully saturated rings. The highest BCUT2D eigenvalue weighted by Crippen LogP contribution is 2.30. The quantitative estimate of drug-likeness (QED) is 0.482. The van der Waals surface area contributed by atoms with Crippen LogP contribution in [0, 0.1) is 11.7 Å². The Bertz CT molecular complexity index is 866. The summed E-state index contributed by atoms with van der Waals surface area (Å²) < 4.78 is 20.0. The smallest absolute Gasteiger partial charge is 0.192 e. The monoisotopic (exact) mass is 413 g/mol. The van der Waals surface area contributed by atoms with E-state index in [1.54, 1.807) is 12.3 Å². The first kappa shape index (κ1) is 21.9. The SMILES string of the molecule is CCNC(=NCc1cccnc1N(C)C)NC(C)c1ccc(OCC2CC2)c(F)c1. The first-order valence-electron chi connectivity index (χ1n) is 10.6. The van der Waals surface area contributed by atoms with Crippen LogP contribution in [0.15, 0.2) is 41.5 Å². The first-order valence-corrected chi connectivity index (χ1v) is 10.6. The van der Waals surface area contributed by atoms with Gasteiger partial charge in [-0.3, -0.25) is 0 Å². The maximum atomic E-state index is 14.4. The van der Waals surface area contributed by atoms with Gasteiger partial charge in [-0.25, -0.2) is 14.4 Å².